The van der Waals surface area contributed by atoms with Crippen molar-refractivity contribution in [1.29, 1.82) is 0 Å². The van der Waals surface area contributed by atoms with E-state index in [0.717, 1.165) is 11.8 Å². The highest BCUT2D eigenvalue weighted by Crippen LogP contribution is 2.69. The van der Waals surface area contributed by atoms with Gasteiger partial charge in [0.1, 0.15) is 0 Å². The quantitative estimate of drug-likeness (QED) is 0.173. The van der Waals surface area contributed by atoms with E-state index < -0.39 is 0 Å². The molecule has 4 saturated carbocycles. The summed E-state index contributed by atoms with van der Waals surface area (Å²) in [7, 11) is 0. The Labute approximate surface area is 338 Å². The maximum atomic E-state index is 2.62. The molecule has 12 rings (SSSR count). The number of hydrogen-bond donors (Lipinski definition) is 0. The van der Waals surface area contributed by atoms with Crippen LogP contribution in [0.5, 0.6) is 0 Å². The molecule has 0 unspecified atom stereocenters. The summed E-state index contributed by atoms with van der Waals surface area (Å²) < 4.78 is 0. The van der Waals surface area contributed by atoms with Crippen molar-refractivity contribution in [3.05, 3.63) is 162 Å². The van der Waals surface area contributed by atoms with E-state index in [1.165, 1.54) is 105 Å². The van der Waals surface area contributed by atoms with E-state index in [9.17, 15) is 0 Å². The van der Waals surface area contributed by atoms with Crippen molar-refractivity contribution in [2.75, 3.05) is 4.90 Å². The highest BCUT2D eigenvalue weighted by molar-refractivity contribution is 7.99. The predicted molar refractivity (Wildman–Crippen MR) is 236 cm³/mol. The topological polar surface area (TPSA) is 3.24 Å². The smallest absolute Gasteiger partial charge is 0.0502 e. The standard InChI is InChI=1S/C54H53NS/c1-52(2)26-27-53(3,4)51-46(52)16-11-17-48(51)55(43-21-18-39(19-22-43)37-12-7-5-8-13-37)44-23-24-45-50(34-44)56-49-25-20-40(38-14-9-6-10-15-38)33-47(49)54(45)41-29-35-28-36(31-41)32-42(54)30-35/h5-25,33-36,41-42H,26-32H2,1-4H3. The molecule has 6 aromatic rings. The second-order valence-electron chi connectivity index (χ2n) is 19.2. The van der Waals surface area contributed by atoms with Crippen LogP contribution in [0, 0.1) is 23.7 Å². The van der Waals surface area contributed by atoms with Gasteiger partial charge in [-0.15, -0.1) is 0 Å². The summed E-state index contributed by atoms with van der Waals surface area (Å²) in [6.45, 7) is 9.84. The van der Waals surface area contributed by atoms with E-state index in [4.69, 9.17) is 0 Å². The molecular formula is C54H53NS. The van der Waals surface area contributed by atoms with Crippen LogP contribution in [-0.2, 0) is 16.2 Å². The molecule has 0 amide bonds. The van der Waals surface area contributed by atoms with E-state index in [1.54, 1.807) is 11.1 Å². The molecule has 2 heteroatoms. The Kier molecular flexibility index (Phi) is 7.89. The summed E-state index contributed by atoms with van der Waals surface area (Å²) in [5.74, 6) is 3.24. The zero-order chi connectivity index (χ0) is 37.8. The molecule has 6 aromatic carbocycles. The Morgan fingerprint density at radius 1 is 0.464 bits per heavy atom. The van der Waals surface area contributed by atoms with Crippen molar-refractivity contribution in [2.45, 2.75) is 98.7 Å². The first-order valence-electron chi connectivity index (χ1n) is 21.3. The van der Waals surface area contributed by atoms with Gasteiger partial charge < -0.3 is 4.90 Å². The second-order valence-corrected chi connectivity index (χ2v) is 20.3. The Hall–Kier alpha value is -4.53. The minimum Gasteiger partial charge on any atom is -0.310 e. The van der Waals surface area contributed by atoms with Gasteiger partial charge in [-0.25, -0.2) is 0 Å². The molecule has 1 heterocycles. The van der Waals surface area contributed by atoms with Gasteiger partial charge in [0.2, 0.25) is 0 Å². The van der Waals surface area contributed by atoms with Crippen LogP contribution in [-0.4, -0.2) is 0 Å². The lowest BCUT2D eigenvalue weighted by molar-refractivity contribution is -0.0443. The van der Waals surface area contributed by atoms with Gasteiger partial charge in [0.05, 0.1) is 5.69 Å². The van der Waals surface area contributed by atoms with Gasteiger partial charge >= 0.3 is 0 Å². The summed E-state index contributed by atoms with van der Waals surface area (Å²) >= 11 is 2.03. The van der Waals surface area contributed by atoms with Crippen molar-refractivity contribution >= 4 is 28.8 Å². The highest BCUT2D eigenvalue weighted by Gasteiger charge is 2.60. The molecule has 0 saturated heterocycles. The average Bonchev–Trinajstić information content (AvgIpc) is 3.22. The Morgan fingerprint density at radius 3 is 1.73 bits per heavy atom. The van der Waals surface area contributed by atoms with Crippen molar-refractivity contribution in [3.63, 3.8) is 0 Å². The van der Waals surface area contributed by atoms with Crippen molar-refractivity contribution in [1.82, 2.24) is 0 Å². The lowest BCUT2D eigenvalue weighted by Crippen LogP contribution is -2.57. The summed E-state index contributed by atoms with van der Waals surface area (Å²) in [6, 6.07) is 53.6. The monoisotopic (exact) mass is 747 g/mol. The summed E-state index contributed by atoms with van der Waals surface area (Å²) in [6.07, 6.45) is 9.38. The number of nitrogens with zero attached hydrogens (tertiary/aromatic N) is 1. The third-order valence-electron chi connectivity index (χ3n) is 15.1. The molecule has 6 aliphatic rings. The molecule has 56 heavy (non-hydrogen) atoms. The van der Waals surface area contributed by atoms with Crippen LogP contribution in [0.2, 0.25) is 0 Å². The second kappa shape index (κ2) is 12.7. The van der Waals surface area contributed by atoms with Gasteiger partial charge in [0.25, 0.3) is 0 Å². The van der Waals surface area contributed by atoms with Crippen LogP contribution < -0.4 is 4.90 Å². The summed E-state index contributed by atoms with van der Waals surface area (Å²) in [4.78, 5) is 5.54. The van der Waals surface area contributed by atoms with Crippen LogP contribution in [0.3, 0.4) is 0 Å². The lowest BCUT2D eigenvalue weighted by Gasteiger charge is -2.63. The first-order valence-corrected chi connectivity index (χ1v) is 22.1. The van der Waals surface area contributed by atoms with E-state index in [2.05, 4.69) is 172 Å². The molecule has 280 valence electrons. The summed E-state index contributed by atoms with van der Waals surface area (Å²) in [5.41, 5.74) is 15.5. The molecule has 5 aliphatic carbocycles. The van der Waals surface area contributed by atoms with Gasteiger partial charge in [0, 0.05) is 26.6 Å². The van der Waals surface area contributed by atoms with Gasteiger partial charge in [-0.3, -0.25) is 0 Å². The normalized spacial score (nSPS) is 26.0. The van der Waals surface area contributed by atoms with E-state index in [1.807, 2.05) is 11.8 Å². The average molecular weight is 748 g/mol. The van der Waals surface area contributed by atoms with Crippen LogP contribution in [0.4, 0.5) is 17.1 Å². The molecule has 0 atom stereocenters. The van der Waals surface area contributed by atoms with Gasteiger partial charge in [0.15, 0.2) is 0 Å². The maximum Gasteiger partial charge on any atom is 0.0502 e. The van der Waals surface area contributed by atoms with E-state index >= 15 is 0 Å². The molecular weight excluding hydrogens is 695 g/mol. The Morgan fingerprint density at radius 2 is 1.05 bits per heavy atom. The number of anilines is 3. The molecule has 0 radical (unpaired) electrons. The fraction of sp³-hybridized carbons (Fsp3) is 0.333. The molecule has 0 aromatic heterocycles. The third-order valence-corrected chi connectivity index (χ3v) is 16.3. The van der Waals surface area contributed by atoms with Crippen molar-refractivity contribution in [2.24, 2.45) is 23.7 Å². The van der Waals surface area contributed by atoms with Crippen LogP contribution in [0.25, 0.3) is 22.3 Å². The zero-order valence-electron chi connectivity index (χ0n) is 33.4. The van der Waals surface area contributed by atoms with E-state index in [0.29, 0.717) is 11.8 Å². The summed E-state index contributed by atoms with van der Waals surface area (Å²) in [5, 5.41) is 0. The highest BCUT2D eigenvalue weighted by atomic mass is 32.2. The zero-order valence-corrected chi connectivity index (χ0v) is 34.2. The van der Waals surface area contributed by atoms with Crippen LogP contribution >= 0.6 is 11.8 Å². The molecule has 0 N–H and O–H groups in total. The number of hydrogen-bond acceptors (Lipinski definition) is 2. The predicted octanol–water partition coefficient (Wildman–Crippen LogP) is 15.0. The number of rotatable bonds is 5. The van der Waals surface area contributed by atoms with Crippen LogP contribution in [0.1, 0.15) is 94.9 Å². The maximum absolute atomic E-state index is 2.62. The van der Waals surface area contributed by atoms with Crippen LogP contribution in [0.15, 0.2) is 149 Å². The molecule has 4 fully saturated rings. The number of benzene rings is 6. The first kappa shape index (κ1) is 34.7. The van der Waals surface area contributed by atoms with Gasteiger partial charge in [-0.2, -0.15) is 0 Å². The Bertz CT molecular complexity index is 2430. The largest absolute Gasteiger partial charge is 0.310 e. The molecule has 1 spiro atoms. The lowest BCUT2D eigenvalue weighted by atomic mass is 9.42. The first-order chi connectivity index (χ1) is 27.2. The van der Waals surface area contributed by atoms with Gasteiger partial charge in [-0.1, -0.05) is 137 Å². The minimum absolute atomic E-state index is 0.0620. The van der Waals surface area contributed by atoms with E-state index in [-0.39, 0.29) is 16.2 Å². The molecule has 1 aliphatic heterocycles. The fourth-order valence-electron chi connectivity index (χ4n) is 12.6. The van der Waals surface area contributed by atoms with Crippen molar-refractivity contribution < 1.29 is 0 Å². The van der Waals surface area contributed by atoms with Crippen molar-refractivity contribution in [3.8, 4) is 22.3 Å². The SMILES string of the molecule is CC1(C)CCC(C)(C)c2c(N(c3ccc(-c4ccccc4)cc3)c3ccc4c(c3)Sc3ccc(-c5ccccc5)cc3C43C4CC5CC(C4)CC3C5)cccc21. The Balaban J connectivity index is 1.10. The number of fused-ring (bicyclic) bond motifs is 3. The molecule has 1 nitrogen and oxygen atoms in total. The third kappa shape index (κ3) is 5.27. The minimum atomic E-state index is 0.0620. The van der Waals surface area contributed by atoms with Gasteiger partial charge in [-0.05, 0) is 166 Å². The fourth-order valence-corrected chi connectivity index (χ4v) is 13.9. The molecule has 4 bridgehead atoms.